The quantitative estimate of drug-likeness (QED) is 0.866. The number of hydrogen-bond donors (Lipinski definition) is 1. The topological polar surface area (TPSA) is 62.6 Å². The fourth-order valence-corrected chi connectivity index (χ4v) is 4.21. The van der Waals surface area contributed by atoms with E-state index in [1.807, 2.05) is 0 Å². The molecule has 1 aliphatic rings. The van der Waals surface area contributed by atoms with Crippen LogP contribution in [0.15, 0.2) is 22.8 Å². The highest BCUT2D eigenvalue weighted by Crippen LogP contribution is 2.34. The highest BCUT2D eigenvalue weighted by Gasteiger charge is 2.42. The van der Waals surface area contributed by atoms with E-state index in [4.69, 9.17) is 4.42 Å². The van der Waals surface area contributed by atoms with E-state index < -0.39 is 6.04 Å². The molecule has 0 saturated carbocycles. The van der Waals surface area contributed by atoms with Crippen LogP contribution in [0.5, 0.6) is 0 Å². The number of carbonyl (C=O) groups is 2. The second kappa shape index (κ2) is 7.90. The molecule has 6 heteroatoms. The molecule has 2 heterocycles. The Kier molecular flexibility index (Phi) is 6.16. The summed E-state index contributed by atoms with van der Waals surface area (Å²) < 4.78 is 5.26. The third-order valence-electron chi connectivity index (χ3n) is 3.72. The normalized spacial score (nSPS) is 21.2. The Hall–Kier alpha value is -1.43. The van der Waals surface area contributed by atoms with Crippen LogP contribution in [0.4, 0.5) is 0 Å². The predicted molar refractivity (Wildman–Crippen MR) is 92.2 cm³/mol. The molecule has 1 saturated heterocycles. The van der Waals surface area contributed by atoms with Crippen LogP contribution in [0.3, 0.4) is 0 Å². The first kappa shape index (κ1) is 17.9. The first-order valence-electron chi connectivity index (χ1n) is 8.15. The fraction of sp³-hybridized carbons (Fsp3) is 0.647. The first-order valence-corrected chi connectivity index (χ1v) is 9.20. The summed E-state index contributed by atoms with van der Waals surface area (Å²) in [5, 5.41) is 2.97. The molecule has 2 amide bonds. The molecule has 1 aliphatic heterocycles. The van der Waals surface area contributed by atoms with Gasteiger partial charge in [0.05, 0.1) is 11.6 Å². The summed E-state index contributed by atoms with van der Waals surface area (Å²) in [7, 11) is 0. The lowest BCUT2D eigenvalue weighted by atomic mass is 10.1. The van der Waals surface area contributed by atoms with Crippen molar-refractivity contribution in [2.24, 2.45) is 11.8 Å². The minimum absolute atomic E-state index is 0.0161. The molecule has 2 unspecified atom stereocenters. The smallest absolute Gasteiger partial charge is 0.291 e. The van der Waals surface area contributed by atoms with Crippen molar-refractivity contribution >= 4 is 23.6 Å². The molecule has 0 spiro atoms. The van der Waals surface area contributed by atoms with Crippen molar-refractivity contribution < 1.29 is 14.0 Å². The molecule has 2 rings (SSSR count). The van der Waals surface area contributed by atoms with Crippen molar-refractivity contribution in [3.63, 3.8) is 0 Å². The molecule has 128 valence electrons. The van der Waals surface area contributed by atoms with Crippen LogP contribution in [-0.2, 0) is 4.79 Å². The van der Waals surface area contributed by atoms with Gasteiger partial charge in [0.15, 0.2) is 5.76 Å². The van der Waals surface area contributed by atoms with Crippen LogP contribution >= 0.6 is 11.8 Å². The number of nitrogens with zero attached hydrogens (tertiary/aromatic N) is 1. The summed E-state index contributed by atoms with van der Waals surface area (Å²) in [6, 6.07) is 2.92. The van der Waals surface area contributed by atoms with Crippen LogP contribution in [0.25, 0.3) is 0 Å². The van der Waals surface area contributed by atoms with Crippen LogP contribution in [0, 0.1) is 11.8 Å². The maximum Gasteiger partial charge on any atom is 0.291 e. The Morgan fingerprint density at radius 3 is 2.65 bits per heavy atom. The third-order valence-corrected chi connectivity index (χ3v) is 5.03. The van der Waals surface area contributed by atoms with Gasteiger partial charge in [0.2, 0.25) is 5.91 Å². The monoisotopic (exact) mass is 338 g/mol. The summed E-state index contributed by atoms with van der Waals surface area (Å²) in [6.45, 7) is 8.98. The van der Waals surface area contributed by atoms with Crippen molar-refractivity contribution in [3.8, 4) is 0 Å². The van der Waals surface area contributed by atoms with Gasteiger partial charge in [0.25, 0.3) is 5.91 Å². The van der Waals surface area contributed by atoms with E-state index in [9.17, 15) is 9.59 Å². The van der Waals surface area contributed by atoms with Crippen molar-refractivity contribution in [2.45, 2.75) is 45.5 Å². The maximum atomic E-state index is 12.8. The summed E-state index contributed by atoms with van der Waals surface area (Å²) in [5.41, 5.74) is 0. The van der Waals surface area contributed by atoms with Gasteiger partial charge in [0, 0.05) is 12.3 Å². The van der Waals surface area contributed by atoms with E-state index in [2.05, 4.69) is 33.0 Å². The maximum absolute atomic E-state index is 12.8. The summed E-state index contributed by atoms with van der Waals surface area (Å²) in [5.74, 6) is 1.49. The molecule has 5 nitrogen and oxygen atoms in total. The minimum Gasteiger partial charge on any atom is -0.459 e. The standard InChI is InChI=1S/C17H26N2O3S/c1-11(2)8-15-19(17(21)14-6-5-7-22-14)13(10-23-15)16(20)18-9-12(3)4/h5-7,11-13,15H,8-10H2,1-4H3,(H,18,20). The highest BCUT2D eigenvalue weighted by molar-refractivity contribution is 8.00. The number of furan rings is 1. The SMILES string of the molecule is CC(C)CNC(=O)C1CSC(CC(C)C)N1C(=O)c1ccco1. The lowest BCUT2D eigenvalue weighted by molar-refractivity contribution is -0.125. The van der Waals surface area contributed by atoms with Gasteiger partial charge in [-0.1, -0.05) is 27.7 Å². The van der Waals surface area contributed by atoms with E-state index in [1.54, 1.807) is 28.8 Å². The van der Waals surface area contributed by atoms with E-state index in [0.717, 1.165) is 6.42 Å². The van der Waals surface area contributed by atoms with Crippen LogP contribution in [0.1, 0.15) is 44.7 Å². The molecule has 0 aromatic carbocycles. The zero-order chi connectivity index (χ0) is 17.0. The third kappa shape index (κ3) is 4.53. The largest absolute Gasteiger partial charge is 0.459 e. The van der Waals surface area contributed by atoms with Gasteiger partial charge in [-0.2, -0.15) is 0 Å². The Balaban J connectivity index is 2.16. The summed E-state index contributed by atoms with van der Waals surface area (Å²) >= 11 is 1.68. The van der Waals surface area contributed by atoms with Crippen molar-refractivity contribution in [2.75, 3.05) is 12.3 Å². The number of amides is 2. The molecule has 2 atom stereocenters. The second-order valence-corrected chi connectivity index (χ2v) is 7.97. The lowest BCUT2D eigenvalue weighted by Crippen LogP contribution is -2.50. The van der Waals surface area contributed by atoms with Gasteiger partial charge in [-0.3, -0.25) is 9.59 Å². The number of thioether (sulfide) groups is 1. The Labute approximate surface area is 142 Å². The first-order chi connectivity index (χ1) is 10.9. The van der Waals surface area contributed by atoms with Gasteiger partial charge < -0.3 is 14.6 Å². The number of rotatable bonds is 6. The van der Waals surface area contributed by atoms with Crippen molar-refractivity contribution in [3.05, 3.63) is 24.2 Å². The Morgan fingerprint density at radius 1 is 1.35 bits per heavy atom. The van der Waals surface area contributed by atoms with Gasteiger partial charge in [-0.15, -0.1) is 11.8 Å². The van der Waals surface area contributed by atoms with Crippen LogP contribution < -0.4 is 5.32 Å². The number of carbonyl (C=O) groups excluding carboxylic acids is 2. The van der Waals surface area contributed by atoms with Crippen molar-refractivity contribution in [1.29, 1.82) is 0 Å². The predicted octanol–water partition coefficient (Wildman–Crippen LogP) is 2.98. The number of hydrogen-bond acceptors (Lipinski definition) is 4. The molecule has 23 heavy (non-hydrogen) atoms. The molecule has 0 aliphatic carbocycles. The summed E-state index contributed by atoms with van der Waals surface area (Å²) in [6.07, 6.45) is 2.35. The minimum atomic E-state index is -0.430. The average Bonchev–Trinajstić information content (AvgIpc) is 3.12. The summed E-state index contributed by atoms with van der Waals surface area (Å²) in [4.78, 5) is 27.0. The molecular weight excluding hydrogens is 312 g/mol. The average molecular weight is 338 g/mol. The lowest BCUT2D eigenvalue weighted by Gasteiger charge is -2.29. The van der Waals surface area contributed by atoms with Crippen LogP contribution in [0.2, 0.25) is 0 Å². The number of nitrogens with one attached hydrogen (secondary N) is 1. The molecule has 1 aromatic rings. The Morgan fingerprint density at radius 2 is 2.09 bits per heavy atom. The second-order valence-electron chi connectivity index (χ2n) is 6.76. The highest BCUT2D eigenvalue weighted by atomic mass is 32.2. The van der Waals surface area contributed by atoms with Gasteiger partial charge in [-0.05, 0) is 30.4 Å². The molecule has 0 radical (unpaired) electrons. The zero-order valence-corrected chi connectivity index (χ0v) is 15.1. The van der Waals surface area contributed by atoms with E-state index in [-0.39, 0.29) is 17.2 Å². The van der Waals surface area contributed by atoms with E-state index >= 15 is 0 Å². The molecule has 1 fully saturated rings. The van der Waals surface area contributed by atoms with Gasteiger partial charge in [0.1, 0.15) is 6.04 Å². The molecule has 1 N–H and O–H groups in total. The van der Waals surface area contributed by atoms with Gasteiger partial charge in [-0.25, -0.2) is 0 Å². The zero-order valence-electron chi connectivity index (χ0n) is 14.2. The van der Waals surface area contributed by atoms with E-state index in [0.29, 0.717) is 29.9 Å². The molecular formula is C17H26N2O3S. The molecule has 1 aromatic heterocycles. The molecule has 0 bridgehead atoms. The van der Waals surface area contributed by atoms with E-state index in [1.165, 1.54) is 6.26 Å². The van der Waals surface area contributed by atoms with Gasteiger partial charge >= 0.3 is 0 Å². The Bertz CT molecular complexity index is 528. The van der Waals surface area contributed by atoms with Crippen molar-refractivity contribution in [1.82, 2.24) is 10.2 Å². The van der Waals surface area contributed by atoms with Crippen LogP contribution in [-0.4, -0.2) is 40.4 Å². The fourth-order valence-electron chi connectivity index (χ4n) is 2.57.